The summed E-state index contributed by atoms with van der Waals surface area (Å²) in [5.74, 6) is 0.844. The first kappa shape index (κ1) is 15.9. The maximum atomic E-state index is 12.2. The zero-order chi connectivity index (χ0) is 15.4. The number of hydrogen-bond acceptors (Lipinski definition) is 5. The van der Waals surface area contributed by atoms with Crippen molar-refractivity contribution in [3.05, 3.63) is 11.1 Å². The number of likely N-dealkylation sites (tertiary alicyclic amines) is 1. The minimum atomic E-state index is -0.0518. The number of aromatic nitrogens is 1. The quantitative estimate of drug-likeness (QED) is 0.894. The van der Waals surface area contributed by atoms with Crippen molar-refractivity contribution in [3.8, 4) is 0 Å². The zero-order valence-electron chi connectivity index (χ0n) is 13.3. The first-order valence-corrected chi connectivity index (χ1v) is 9.29. The Bertz CT molecular complexity index is 498. The summed E-state index contributed by atoms with van der Waals surface area (Å²) >= 11 is 1.53. The molecule has 0 bridgehead atoms. The summed E-state index contributed by atoms with van der Waals surface area (Å²) in [6.45, 7) is 6.48. The molecule has 3 heterocycles. The molecule has 2 fully saturated rings. The van der Waals surface area contributed by atoms with Crippen LogP contribution in [0.2, 0.25) is 0 Å². The Balaban J connectivity index is 1.51. The molecule has 1 aromatic rings. The fourth-order valence-electron chi connectivity index (χ4n) is 3.36. The number of piperidine rings is 2. The van der Waals surface area contributed by atoms with Crippen LogP contribution in [0.4, 0.5) is 5.13 Å². The monoisotopic (exact) mass is 322 g/mol. The third kappa shape index (κ3) is 4.27. The van der Waals surface area contributed by atoms with E-state index < -0.39 is 0 Å². The molecule has 0 spiro atoms. The summed E-state index contributed by atoms with van der Waals surface area (Å²) in [6.07, 6.45) is 5.84. The Kier molecular flexibility index (Phi) is 5.44. The second-order valence-electron chi connectivity index (χ2n) is 6.62. The minimum absolute atomic E-state index is 0.0518. The van der Waals surface area contributed by atoms with E-state index in [4.69, 9.17) is 0 Å². The molecule has 3 rings (SSSR count). The standard InChI is InChI=1S/C16H26N4OS/c1-12-5-4-8-20(9-12)10-13-11-22-16(18-13)19-15(21)14-6-2-3-7-17-14/h11-12,14,17H,2-10H2,1H3,(H,18,19,21). The molecule has 0 aromatic carbocycles. The lowest BCUT2D eigenvalue weighted by Crippen LogP contribution is -2.43. The number of thiazole rings is 1. The molecule has 2 saturated heterocycles. The Morgan fingerprint density at radius 2 is 2.36 bits per heavy atom. The summed E-state index contributed by atoms with van der Waals surface area (Å²) in [4.78, 5) is 19.2. The van der Waals surface area contributed by atoms with Crippen LogP contribution in [0.1, 0.15) is 44.7 Å². The second kappa shape index (κ2) is 7.53. The van der Waals surface area contributed by atoms with Gasteiger partial charge in [0.25, 0.3) is 0 Å². The van der Waals surface area contributed by atoms with Crippen LogP contribution in [0.15, 0.2) is 5.38 Å². The Hall–Kier alpha value is -0.980. The van der Waals surface area contributed by atoms with Gasteiger partial charge in [-0.05, 0) is 44.7 Å². The van der Waals surface area contributed by atoms with E-state index in [1.807, 2.05) is 0 Å². The van der Waals surface area contributed by atoms with E-state index in [0.717, 1.165) is 55.8 Å². The number of carbonyl (C=O) groups excluding carboxylic acids is 1. The molecule has 0 radical (unpaired) electrons. The number of anilines is 1. The van der Waals surface area contributed by atoms with Gasteiger partial charge in [-0.15, -0.1) is 11.3 Å². The van der Waals surface area contributed by atoms with E-state index in [2.05, 4.69) is 32.8 Å². The van der Waals surface area contributed by atoms with Gasteiger partial charge in [-0.3, -0.25) is 9.69 Å². The SMILES string of the molecule is CC1CCCN(Cc2csc(NC(=O)C3CCCCN3)n2)C1. The van der Waals surface area contributed by atoms with E-state index >= 15 is 0 Å². The van der Waals surface area contributed by atoms with E-state index in [0.29, 0.717) is 0 Å². The van der Waals surface area contributed by atoms with E-state index in [-0.39, 0.29) is 11.9 Å². The van der Waals surface area contributed by atoms with Crippen molar-refractivity contribution >= 4 is 22.4 Å². The molecule has 2 atom stereocenters. The van der Waals surface area contributed by atoms with Crippen LogP contribution in [0, 0.1) is 5.92 Å². The summed E-state index contributed by atoms with van der Waals surface area (Å²) in [6, 6.07) is -0.0518. The van der Waals surface area contributed by atoms with Crippen molar-refractivity contribution in [2.45, 2.75) is 51.6 Å². The van der Waals surface area contributed by atoms with Gasteiger partial charge in [-0.25, -0.2) is 4.98 Å². The molecule has 0 saturated carbocycles. The first-order chi connectivity index (χ1) is 10.7. The fourth-order valence-corrected chi connectivity index (χ4v) is 4.07. The van der Waals surface area contributed by atoms with Gasteiger partial charge in [0.1, 0.15) is 0 Å². The van der Waals surface area contributed by atoms with Crippen LogP contribution in [0.3, 0.4) is 0 Å². The summed E-state index contributed by atoms with van der Waals surface area (Å²) in [5, 5.41) is 9.04. The van der Waals surface area contributed by atoms with Crippen LogP contribution >= 0.6 is 11.3 Å². The van der Waals surface area contributed by atoms with Gasteiger partial charge >= 0.3 is 0 Å². The number of carbonyl (C=O) groups is 1. The van der Waals surface area contributed by atoms with Gasteiger partial charge in [-0.2, -0.15) is 0 Å². The molecule has 2 aliphatic heterocycles. The molecule has 0 aliphatic carbocycles. The average molecular weight is 322 g/mol. The molecule has 122 valence electrons. The molecule has 5 nitrogen and oxygen atoms in total. The van der Waals surface area contributed by atoms with E-state index in [1.54, 1.807) is 0 Å². The highest BCUT2D eigenvalue weighted by Crippen LogP contribution is 2.21. The highest BCUT2D eigenvalue weighted by Gasteiger charge is 2.22. The van der Waals surface area contributed by atoms with Gasteiger partial charge in [0.15, 0.2) is 5.13 Å². The largest absolute Gasteiger partial charge is 0.306 e. The summed E-state index contributed by atoms with van der Waals surface area (Å²) < 4.78 is 0. The molecule has 1 amide bonds. The van der Waals surface area contributed by atoms with Crippen molar-refractivity contribution in [1.29, 1.82) is 0 Å². The van der Waals surface area contributed by atoms with Crippen LogP contribution in [0.25, 0.3) is 0 Å². The number of nitrogens with zero attached hydrogens (tertiary/aromatic N) is 2. The molecule has 22 heavy (non-hydrogen) atoms. The number of amides is 1. The lowest BCUT2D eigenvalue weighted by Gasteiger charge is -2.30. The molecule has 6 heteroatoms. The van der Waals surface area contributed by atoms with Crippen molar-refractivity contribution < 1.29 is 4.79 Å². The Labute approximate surface area is 136 Å². The van der Waals surface area contributed by atoms with Gasteiger partial charge in [0.2, 0.25) is 5.91 Å². The topological polar surface area (TPSA) is 57.3 Å². The second-order valence-corrected chi connectivity index (χ2v) is 7.48. The first-order valence-electron chi connectivity index (χ1n) is 8.42. The zero-order valence-corrected chi connectivity index (χ0v) is 14.1. The van der Waals surface area contributed by atoms with Gasteiger partial charge < -0.3 is 10.6 Å². The normalized spacial score (nSPS) is 26.8. The summed E-state index contributed by atoms with van der Waals surface area (Å²) in [7, 11) is 0. The van der Waals surface area contributed by atoms with Crippen LogP contribution in [-0.2, 0) is 11.3 Å². The highest BCUT2D eigenvalue weighted by molar-refractivity contribution is 7.13. The molecule has 1 aromatic heterocycles. The van der Waals surface area contributed by atoms with Gasteiger partial charge in [0, 0.05) is 18.5 Å². The average Bonchev–Trinajstić information content (AvgIpc) is 2.95. The van der Waals surface area contributed by atoms with Crippen molar-refractivity contribution in [3.63, 3.8) is 0 Å². The number of hydrogen-bond donors (Lipinski definition) is 2. The molecular weight excluding hydrogens is 296 g/mol. The van der Waals surface area contributed by atoms with Crippen LogP contribution in [-0.4, -0.2) is 41.5 Å². The molecule has 2 aliphatic rings. The predicted molar refractivity (Wildman–Crippen MR) is 90.1 cm³/mol. The Morgan fingerprint density at radius 3 is 3.14 bits per heavy atom. The van der Waals surface area contributed by atoms with Crippen molar-refractivity contribution in [1.82, 2.24) is 15.2 Å². The molecule has 2 unspecified atom stereocenters. The third-order valence-corrected chi connectivity index (χ3v) is 5.34. The lowest BCUT2D eigenvalue weighted by atomic mass is 10.0. The highest BCUT2D eigenvalue weighted by atomic mass is 32.1. The van der Waals surface area contributed by atoms with Gasteiger partial charge in [0.05, 0.1) is 11.7 Å². The van der Waals surface area contributed by atoms with Crippen LogP contribution < -0.4 is 10.6 Å². The number of rotatable bonds is 4. The predicted octanol–water partition coefficient (Wildman–Crippen LogP) is 2.46. The maximum absolute atomic E-state index is 12.2. The van der Waals surface area contributed by atoms with Crippen molar-refractivity contribution in [2.75, 3.05) is 25.0 Å². The van der Waals surface area contributed by atoms with Crippen molar-refractivity contribution in [2.24, 2.45) is 5.92 Å². The fraction of sp³-hybridized carbons (Fsp3) is 0.750. The summed E-state index contributed by atoms with van der Waals surface area (Å²) in [5.41, 5.74) is 1.08. The Morgan fingerprint density at radius 1 is 1.45 bits per heavy atom. The molecule has 2 N–H and O–H groups in total. The number of nitrogens with one attached hydrogen (secondary N) is 2. The van der Waals surface area contributed by atoms with E-state index in [1.165, 1.54) is 30.6 Å². The third-order valence-electron chi connectivity index (χ3n) is 4.54. The van der Waals surface area contributed by atoms with E-state index in [9.17, 15) is 4.79 Å². The minimum Gasteiger partial charge on any atom is -0.306 e. The lowest BCUT2D eigenvalue weighted by molar-refractivity contribution is -0.118. The smallest absolute Gasteiger partial charge is 0.243 e. The molecular formula is C16H26N4OS. The maximum Gasteiger partial charge on any atom is 0.243 e. The van der Waals surface area contributed by atoms with Gasteiger partial charge in [-0.1, -0.05) is 13.3 Å². The van der Waals surface area contributed by atoms with Crippen LogP contribution in [0.5, 0.6) is 0 Å².